The van der Waals surface area contributed by atoms with E-state index in [1.54, 1.807) is 0 Å². The van der Waals surface area contributed by atoms with Crippen molar-refractivity contribution in [2.45, 2.75) is 57.4 Å². The molecule has 0 spiro atoms. The Bertz CT molecular complexity index is 176. The summed E-state index contributed by atoms with van der Waals surface area (Å²) in [4.78, 5) is 0. The molecule has 2 aliphatic carbocycles. The molecule has 0 saturated heterocycles. The number of hydrogen-bond donors (Lipinski definition) is 1. The summed E-state index contributed by atoms with van der Waals surface area (Å²) < 4.78 is 0. The molecule has 2 saturated carbocycles. The second-order valence-electron chi connectivity index (χ2n) is 4.87. The van der Waals surface area contributed by atoms with Crippen LogP contribution in [0.5, 0.6) is 0 Å². The lowest BCUT2D eigenvalue weighted by atomic mass is 10.0. The van der Waals surface area contributed by atoms with Crippen molar-refractivity contribution in [2.24, 2.45) is 5.92 Å². The van der Waals surface area contributed by atoms with E-state index in [1.165, 1.54) is 57.9 Å². The van der Waals surface area contributed by atoms with Crippen molar-refractivity contribution in [2.75, 3.05) is 6.54 Å². The van der Waals surface area contributed by atoms with Gasteiger partial charge in [0.2, 0.25) is 0 Å². The minimum absolute atomic E-state index is 0.873. The highest BCUT2D eigenvalue weighted by molar-refractivity contribution is 4.87. The Labute approximate surface area is 88.0 Å². The molecule has 0 heterocycles. The lowest BCUT2D eigenvalue weighted by Crippen LogP contribution is -2.16. The van der Waals surface area contributed by atoms with Gasteiger partial charge in [-0.2, -0.15) is 0 Å². The summed E-state index contributed by atoms with van der Waals surface area (Å²) in [5.41, 5.74) is 0. The van der Waals surface area contributed by atoms with Crippen LogP contribution < -0.4 is 5.32 Å². The normalized spacial score (nSPS) is 23.7. The van der Waals surface area contributed by atoms with Crippen LogP contribution in [-0.2, 0) is 0 Å². The fourth-order valence-corrected chi connectivity index (χ4v) is 2.31. The summed E-state index contributed by atoms with van der Waals surface area (Å²) in [6.07, 6.45) is 16.1. The number of nitrogens with one attached hydrogen (secondary N) is 1. The average molecular weight is 193 g/mol. The Morgan fingerprint density at radius 1 is 1.00 bits per heavy atom. The number of hydrogen-bond acceptors (Lipinski definition) is 1. The third-order valence-electron chi connectivity index (χ3n) is 3.43. The summed E-state index contributed by atoms with van der Waals surface area (Å²) in [5.74, 6) is 1.02. The van der Waals surface area contributed by atoms with E-state index in [9.17, 15) is 0 Å². The maximum atomic E-state index is 3.53. The molecule has 1 heteroatoms. The molecule has 0 aromatic rings. The van der Waals surface area contributed by atoms with Crippen LogP contribution >= 0.6 is 0 Å². The first-order valence-corrected chi connectivity index (χ1v) is 6.33. The molecule has 2 fully saturated rings. The van der Waals surface area contributed by atoms with Gasteiger partial charge in [-0.3, -0.25) is 0 Å². The molecule has 1 nitrogen and oxygen atoms in total. The Morgan fingerprint density at radius 3 is 2.50 bits per heavy atom. The lowest BCUT2D eigenvalue weighted by Gasteiger charge is -2.03. The van der Waals surface area contributed by atoms with Crippen LogP contribution in [0.15, 0.2) is 12.2 Å². The Kier molecular flexibility index (Phi) is 4.05. The van der Waals surface area contributed by atoms with Gasteiger partial charge in [-0.25, -0.2) is 0 Å². The van der Waals surface area contributed by atoms with Gasteiger partial charge < -0.3 is 5.32 Å². The van der Waals surface area contributed by atoms with E-state index in [4.69, 9.17) is 0 Å². The summed E-state index contributed by atoms with van der Waals surface area (Å²) in [5, 5.41) is 3.53. The highest BCUT2D eigenvalue weighted by Crippen LogP contribution is 2.27. The summed E-state index contributed by atoms with van der Waals surface area (Å²) in [7, 11) is 0. The Morgan fingerprint density at radius 2 is 1.79 bits per heavy atom. The van der Waals surface area contributed by atoms with Gasteiger partial charge in [0, 0.05) is 6.04 Å². The molecule has 0 radical (unpaired) electrons. The molecule has 2 aliphatic rings. The standard InChI is InChI=1S/C13H23N/c1(5-11-14-13-9-10-13)2-6-12-7-3-4-8-12/h1-2,12-14H,3-11H2. The lowest BCUT2D eigenvalue weighted by molar-refractivity contribution is 0.557. The van der Waals surface area contributed by atoms with Crippen LogP contribution in [0, 0.1) is 5.92 Å². The van der Waals surface area contributed by atoms with E-state index in [1.807, 2.05) is 0 Å². The van der Waals surface area contributed by atoms with Gasteiger partial charge in [0.05, 0.1) is 0 Å². The zero-order chi connectivity index (χ0) is 9.64. The molecule has 1 N–H and O–H groups in total. The molecule has 14 heavy (non-hydrogen) atoms. The van der Waals surface area contributed by atoms with Crippen molar-refractivity contribution < 1.29 is 0 Å². The van der Waals surface area contributed by atoms with Gasteiger partial charge in [0.25, 0.3) is 0 Å². The molecule has 0 aromatic carbocycles. The SMILES string of the molecule is C(=CCC1CCCC1)CCNC1CC1. The van der Waals surface area contributed by atoms with Crippen LogP contribution in [0.2, 0.25) is 0 Å². The molecule has 80 valence electrons. The van der Waals surface area contributed by atoms with Gasteiger partial charge in [0.1, 0.15) is 0 Å². The van der Waals surface area contributed by atoms with E-state index in [-0.39, 0.29) is 0 Å². The second-order valence-corrected chi connectivity index (χ2v) is 4.87. The van der Waals surface area contributed by atoms with Gasteiger partial charge in [0.15, 0.2) is 0 Å². The number of rotatable bonds is 6. The minimum atomic E-state index is 0.873. The van der Waals surface area contributed by atoms with Crippen LogP contribution in [0.1, 0.15) is 51.4 Å². The summed E-state index contributed by atoms with van der Waals surface area (Å²) in [6, 6.07) is 0.873. The highest BCUT2D eigenvalue weighted by Gasteiger charge is 2.19. The quantitative estimate of drug-likeness (QED) is 0.504. The first kappa shape index (κ1) is 10.2. The fraction of sp³-hybridized carbons (Fsp3) is 0.846. The van der Waals surface area contributed by atoms with E-state index in [2.05, 4.69) is 17.5 Å². The van der Waals surface area contributed by atoms with E-state index < -0.39 is 0 Å². The minimum Gasteiger partial charge on any atom is -0.314 e. The van der Waals surface area contributed by atoms with Crippen LogP contribution in [-0.4, -0.2) is 12.6 Å². The molecular formula is C13H23N. The predicted molar refractivity (Wildman–Crippen MR) is 61.4 cm³/mol. The number of allylic oxidation sites excluding steroid dienone is 1. The second kappa shape index (κ2) is 5.55. The molecule has 0 aliphatic heterocycles. The van der Waals surface area contributed by atoms with Crippen LogP contribution in [0.4, 0.5) is 0 Å². The predicted octanol–water partition coefficient (Wildman–Crippen LogP) is 3.27. The van der Waals surface area contributed by atoms with Crippen molar-refractivity contribution in [1.82, 2.24) is 5.32 Å². The van der Waals surface area contributed by atoms with Gasteiger partial charge in [-0.05, 0) is 38.1 Å². The third-order valence-corrected chi connectivity index (χ3v) is 3.43. The monoisotopic (exact) mass is 193 g/mol. The fourth-order valence-electron chi connectivity index (χ4n) is 2.31. The Balaban J connectivity index is 1.44. The maximum Gasteiger partial charge on any atom is 0.00683 e. The molecule has 0 aromatic heterocycles. The highest BCUT2D eigenvalue weighted by atomic mass is 14.9. The van der Waals surface area contributed by atoms with Gasteiger partial charge >= 0.3 is 0 Å². The Hall–Kier alpha value is -0.300. The molecule has 0 unspecified atom stereocenters. The van der Waals surface area contributed by atoms with Crippen molar-refractivity contribution in [3.8, 4) is 0 Å². The van der Waals surface area contributed by atoms with Crippen LogP contribution in [0.3, 0.4) is 0 Å². The van der Waals surface area contributed by atoms with Gasteiger partial charge in [-0.15, -0.1) is 0 Å². The van der Waals surface area contributed by atoms with Crippen molar-refractivity contribution >= 4 is 0 Å². The van der Waals surface area contributed by atoms with Crippen molar-refractivity contribution in [1.29, 1.82) is 0 Å². The smallest absolute Gasteiger partial charge is 0.00683 e. The zero-order valence-electron chi connectivity index (χ0n) is 9.17. The van der Waals surface area contributed by atoms with Crippen molar-refractivity contribution in [3.05, 3.63) is 12.2 Å². The molecule has 2 rings (SSSR count). The molecule has 0 bridgehead atoms. The first-order chi connectivity index (χ1) is 6.95. The van der Waals surface area contributed by atoms with E-state index >= 15 is 0 Å². The van der Waals surface area contributed by atoms with E-state index in [0.29, 0.717) is 0 Å². The molecule has 0 atom stereocenters. The average Bonchev–Trinajstić information content (AvgIpc) is 2.87. The topological polar surface area (TPSA) is 12.0 Å². The molecule has 0 amide bonds. The largest absolute Gasteiger partial charge is 0.314 e. The van der Waals surface area contributed by atoms with E-state index in [0.717, 1.165) is 12.0 Å². The summed E-state index contributed by atoms with van der Waals surface area (Å²) >= 11 is 0. The first-order valence-electron chi connectivity index (χ1n) is 6.33. The third kappa shape index (κ3) is 3.83. The van der Waals surface area contributed by atoms with Crippen molar-refractivity contribution in [3.63, 3.8) is 0 Å². The molecular weight excluding hydrogens is 170 g/mol. The van der Waals surface area contributed by atoms with Crippen LogP contribution in [0.25, 0.3) is 0 Å². The van der Waals surface area contributed by atoms with Gasteiger partial charge in [-0.1, -0.05) is 37.8 Å². The summed E-state index contributed by atoms with van der Waals surface area (Å²) in [6.45, 7) is 1.19. The maximum absolute atomic E-state index is 3.53. The zero-order valence-corrected chi connectivity index (χ0v) is 9.17.